The minimum atomic E-state index is -5.08. The molecule has 1 aliphatic rings. The van der Waals surface area contributed by atoms with Crippen LogP contribution < -0.4 is 5.32 Å². The number of hydrogen-bond acceptors (Lipinski definition) is 10. The van der Waals surface area contributed by atoms with E-state index < -0.39 is 59.9 Å². The first kappa shape index (κ1) is 48.3. The minimum absolute atomic E-state index is 0.162. The van der Waals surface area contributed by atoms with Gasteiger partial charge in [0.2, 0.25) is 5.91 Å². The molecule has 0 aromatic carbocycles. The molecule has 0 aromatic rings. The van der Waals surface area contributed by atoms with E-state index in [9.17, 15) is 33.6 Å². The Kier molecular flexibility index (Phi) is 28.5. The van der Waals surface area contributed by atoms with Gasteiger partial charge in [-0.2, -0.15) is 8.42 Å². The predicted molar refractivity (Wildman–Crippen MR) is 204 cm³/mol. The lowest BCUT2D eigenvalue weighted by Crippen LogP contribution is -2.61. The van der Waals surface area contributed by atoms with Gasteiger partial charge < -0.3 is 35.2 Å². The normalized spacial score (nSPS) is 22.5. The lowest BCUT2D eigenvalue weighted by molar-refractivity contribution is -0.298. The summed E-state index contributed by atoms with van der Waals surface area (Å²) >= 11 is 0. The highest BCUT2D eigenvalue weighted by Gasteiger charge is 2.48. The molecule has 1 aliphatic heterocycles. The van der Waals surface area contributed by atoms with Gasteiger partial charge in [-0.05, 0) is 38.5 Å². The first-order chi connectivity index (χ1) is 25.0. The maximum Gasteiger partial charge on any atom is 0.397 e. The summed E-state index contributed by atoms with van der Waals surface area (Å²) in [7, 11) is -5.08. The molecule has 0 aromatic heterocycles. The molecule has 304 valence electrons. The van der Waals surface area contributed by atoms with Crippen LogP contribution in [0.5, 0.6) is 0 Å². The SMILES string of the molecule is CCCCCCCC/C=C\C/C=C\CCC(=O)NC(COC1OC(CO)C(O)C(OS(=O)(=O)O)C1O)C(O)/C=C/CCCCCCCCCCCC. The van der Waals surface area contributed by atoms with Crippen LogP contribution in [-0.2, 0) is 28.9 Å². The monoisotopic (exact) mass is 761 g/mol. The van der Waals surface area contributed by atoms with Crippen LogP contribution in [0.4, 0.5) is 0 Å². The number of allylic oxidation sites excluding steroid dienone is 5. The van der Waals surface area contributed by atoms with Gasteiger partial charge in [0.1, 0.15) is 24.4 Å². The fourth-order valence-corrected chi connectivity index (χ4v) is 6.54. The fourth-order valence-electron chi connectivity index (χ4n) is 6.03. The van der Waals surface area contributed by atoms with Gasteiger partial charge in [0, 0.05) is 6.42 Å². The number of ether oxygens (including phenoxy) is 2. The van der Waals surface area contributed by atoms with Crippen molar-refractivity contribution >= 4 is 16.3 Å². The van der Waals surface area contributed by atoms with E-state index >= 15 is 0 Å². The maximum absolute atomic E-state index is 12.9. The second kappa shape index (κ2) is 30.6. The molecule has 0 radical (unpaired) electrons. The Bertz CT molecular complexity index is 1080. The summed E-state index contributed by atoms with van der Waals surface area (Å²) in [5.41, 5.74) is 0. The number of aliphatic hydroxyl groups is 4. The zero-order valence-corrected chi connectivity index (χ0v) is 32.7. The Balaban J connectivity index is 2.68. The molecule has 7 atom stereocenters. The Labute approximate surface area is 314 Å². The third-order valence-corrected chi connectivity index (χ3v) is 9.64. The van der Waals surface area contributed by atoms with Crippen LogP contribution in [0.1, 0.15) is 149 Å². The maximum atomic E-state index is 12.9. The Hall–Kier alpha value is -1.68. The van der Waals surface area contributed by atoms with Crippen molar-refractivity contribution in [2.75, 3.05) is 13.2 Å². The first-order valence-corrected chi connectivity index (χ1v) is 21.2. The first-order valence-electron chi connectivity index (χ1n) is 19.9. The van der Waals surface area contributed by atoms with Crippen LogP contribution in [0.2, 0.25) is 0 Å². The highest BCUT2D eigenvalue weighted by atomic mass is 32.3. The summed E-state index contributed by atoms with van der Waals surface area (Å²) < 4.78 is 47.3. The second-order valence-electron chi connectivity index (χ2n) is 13.9. The fraction of sp³-hybridized carbons (Fsp3) is 0.821. The summed E-state index contributed by atoms with van der Waals surface area (Å²) in [5, 5.41) is 44.4. The molecule has 7 unspecified atom stereocenters. The molecule has 1 fully saturated rings. The molecule has 0 spiro atoms. The summed E-state index contributed by atoms with van der Waals surface area (Å²) in [6.07, 6.45) is 24.9. The van der Waals surface area contributed by atoms with Crippen molar-refractivity contribution in [3.63, 3.8) is 0 Å². The summed E-state index contributed by atoms with van der Waals surface area (Å²) in [6, 6.07) is -0.971. The van der Waals surface area contributed by atoms with Crippen LogP contribution in [0, 0.1) is 0 Å². The van der Waals surface area contributed by atoms with E-state index in [2.05, 4.69) is 35.5 Å². The van der Waals surface area contributed by atoms with E-state index in [1.165, 1.54) is 83.5 Å². The molecule has 0 saturated carbocycles. The number of hydrogen-bond donors (Lipinski definition) is 6. The molecule has 0 bridgehead atoms. The predicted octanol–water partition coefficient (Wildman–Crippen LogP) is 6.38. The molecule has 1 heterocycles. The van der Waals surface area contributed by atoms with Gasteiger partial charge in [-0.15, -0.1) is 0 Å². The molecule has 12 nitrogen and oxygen atoms in total. The van der Waals surface area contributed by atoms with E-state index in [-0.39, 0.29) is 18.9 Å². The van der Waals surface area contributed by atoms with E-state index in [0.29, 0.717) is 6.42 Å². The topological polar surface area (TPSA) is 192 Å². The summed E-state index contributed by atoms with van der Waals surface area (Å²) in [6.45, 7) is 3.29. The van der Waals surface area contributed by atoms with Gasteiger partial charge in [0.15, 0.2) is 6.29 Å². The highest BCUT2D eigenvalue weighted by molar-refractivity contribution is 7.80. The highest BCUT2D eigenvalue weighted by Crippen LogP contribution is 2.26. The Morgan fingerprint density at radius 2 is 1.29 bits per heavy atom. The van der Waals surface area contributed by atoms with Crippen LogP contribution in [0.3, 0.4) is 0 Å². The Morgan fingerprint density at radius 1 is 0.769 bits per heavy atom. The van der Waals surface area contributed by atoms with Crippen molar-refractivity contribution in [2.45, 2.75) is 192 Å². The standard InChI is InChI=1S/C39H71NO11S/c1-3-5-7-9-11-13-15-17-19-21-23-25-27-29-35(43)40-32(33(42)28-26-24-22-20-18-16-14-12-10-8-6-4-2)31-49-39-37(45)38(51-52(46,47)48)36(44)34(30-41)50-39/h17,19,23,25-26,28,32-34,36-39,41-42,44-45H,3-16,18,20-22,24,27,29-31H2,1-2H3,(H,40,43)(H,46,47,48)/b19-17-,25-23-,28-26+. The smallest absolute Gasteiger partial charge is 0.394 e. The molecule has 6 N–H and O–H groups in total. The molecule has 52 heavy (non-hydrogen) atoms. The number of carbonyl (C=O) groups excluding carboxylic acids is 1. The average Bonchev–Trinajstić information content (AvgIpc) is 3.11. The number of unbranched alkanes of at least 4 members (excludes halogenated alkanes) is 16. The summed E-state index contributed by atoms with van der Waals surface area (Å²) in [5.74, 6) is -0.333. The molecule has 1 amide bonds. The number of rotatable bonds is 32. The van der Waals surface area contributed by atoms with Gasteiger partial charge in [0.25, 0.3) is 0 Å². The van der Waals surface area contributed by atoms with Crippen LogP contribution in [0.25, 0.3) is 0 Å². The van der Waals surface area contributed by atoms with Crippen LogP contribution >= 0.6 is 0 Å². The zero-order valence-electron chi connectivity index (χ0n) is 31.9. The molecular weight excluding hydrogens is 690 g/mol. The van der Waals surface area contributed by atoms with Crippen molar-refractivity contribution in [3.05, 3.63) is 36.5 Å². The van der Waals surface area contributed by atoms with Crippen LogP contribution in [-0.4, -0.2) is 95.4 Å². The molecule has 13 heteroatoms. The van der Waals surface area contributed by atoms with Crippen molar-refractivity contribution < 1.29 is 51.8 Å². The molecular formula is C39H71NO11S. The third kappa shape index (κ3) is 23.9. The Morgan fingerprint density at radius 3 is 1.83 bits per heavy atom. The quantitative estimate of drug-likeness (QED) is 0.0253. The van der Waals surface area contributed by atoms with E-state index in [1.807, 2.05) is 18.2 Å². The van der Waals surface area contributed by atoms with Crippen LogP contribution in [0.15, 0.2) is 36.5 Å². The van der Waals surface area contributed by atoms with E-state index in [4.69, 9.17) is 14.0 Å². The van der Waals surface area contributed by atoms with Gasteiger partial charge in [-0.3, -0.25) is 9.35 Å². The second-order valence-corrected chi connectivity index (χ2v) is 14.9. The zero-order chi connectivity index (χ0) is 38.5. The third-order valence-electron chi connectivity index (χ3n) is 9.18. The largest absolute Gasteiger partial charge is 0.397 e. The number of nitrogens with one attached hydrogen (secondary N) is 1. The van der Waals surface area contributed by atoms with Crippen molar-refractivity contribution in [1.82, 2.24) is 5.32 Å². The lowest BCUT2D eigenvalue weighted by Gasteiger charge is -2.41. The lowest BCUT2D eigenvalue weighted by atomic mass is 9.99. The number of amides is 1. The average molecular weight is 762 g/mol. The van der Waals surface area contributed by atoms with E-state index in [1.54, 1.807) is 6.08 Å². The van der Waals surface area contributed by atoms with Gasteiger partial charge >= 0.3 is 10.4 Å². The van der Waals surface area contributed by atoms with Gasteiger partial charge in [0.05, 0.1) is 25.4 Å². The van der Waals surface area contributed by atoms with Gasteiger partial charge in [-0.25, -0.2) is 4.18 Å². The number of aliphatic hydroxyl groups excluding tert-OH is 4. The number of carbonyl (C=O) groups is 1. The molecule has 1 rings (SSSR count). The minimum Gasteiger partial charge on any atom is -0.394 e. The van der Waals surface area contributed by atoms with Crippen molar-refractivity contribution in [3.8, 4) is 0 Å². The van der Waals surface area contributed by atoms with E-state index in [0.717, 1.165) is 38.5 Å². The molecule has 0 aliphatic carbocycles. The van der Waals surface area contributed by atoms with Crippen molar-refractivity contribution in [1.29, 1.82) is 0 Å². The van der Waals surface area contributed by atoms with Crippen molar-refractivity contribution in [2.24, 2.45) is 0 Å². The molecule has 1 saturated heterocycles. The summed E-state index contributed by atoms with van der Waals surface area (Å²) in [4.78, 5) is 12.9. The van der Waals surface area contributed by atoms with Gasteiger partial charge in [-0.1, -0.05) is 140 Å².